The van der Waals surface area contributed by atoms with Gasteiger partial charge in [-0.25, -0.2) is 9.97 Å². The molecule has 2 aliphatic heterocycles. The van der Waals surface area contributed by atoms with Crippen LogP contribution in [0.25, 0.3) is 11.1 Å². The van der Waals surface area contributed by atoms with Crippen LogP contribution in [0.2, 0.25) is 0 Å². The maximum absolute atomic E-state index is 13.0. The van der Waals surface area contributed by atoms with Gasteiger partial charge in [-0.05, 0) is 30.7 Å². The van der Waals surface area contributed by atoms with E-state index in [1.165, 1.54) is 6.33 Å². The third-order valence-corrected chi connectivity index (χ3v) is 5.63. The molecule has 0 unspecified atom stereocenters. The molecule has 0 spiro atoms. The van der Waals surface area contributed by atoms with E-state index in [1.807, 2.05) is 27.9 Å². The summed E-state index contributed by atoms with van der Waals surface area (Å²) >= 11 is 1.56. The summed E-state index contributed by atoms with van der Waals surface area (Å²) in [6, 6.07) is 3.91. The minimum Gasteiger partial charge on any atom is -0.341 e. The number of fused-ring (bicyclic) bond motifs is 4. The molecule has 1 amide bonds. The maximum Gasteiger partial charge on any atom is 0.258 e. The van der Waals surface area contributed by atoms with Gasteiger partial charge in [0.1, 0.15) is 6.33 Å². The van der Waals surface area contributed by atoms with Crippen LogP contribution in [0.4, 0.5) is 0 Å². The van der Waals surface area contributed by atoms with E-state index in [0.717, 1.165) is 24.2 Å². The first-order valence-electron chi connectivity index (χ1n) is 8.43. The largest absolute Gasteiger partial charge is 0.341 e. The molecule has 130 valence electrons. The molecule has 7 heteroatoms. The first-order valence-corrected chi connectivity index (χ1v) is 9.82. The lowest BCUT2D eigenvalue weighted by Gasteiger charge is -2.43. The average molecular weight is 356 g/mol. The average Bonchev–Trinajstić information content (AvgIpc) is 2.63. The molecule has 0 radical (unpaired) electrons. The Balaban J connectivity index is 1.68. The van der Waals surface area contributed by atoms with Crippen molar-refractivity contribution in [3.8, 4) is 11.1 Å². The number of amides is 1. The SMILES string of the molecule is CSCC(=O)N1C[C@@H]2C[C@H](C1)c1ccc(-c3cncnc3)c(=O)n1C2. The molecule has 0 aromatic carbocycles. The number of nitrogens with zero attached hydrogens (tertiary/aromatic N) is 4. The van der Waals surface area contributed by atoms with Crippen LogP contribution in [0.15, 0.2) is 35.6 Å². The number of carbonyl (C=O) groups is 1. The van der Waals surface area contributed by atoms with Crippen LogP contribution in [0, 0.1) is 5.92 Å². The van der Waals surface area contributed by atoms with E-state index in [2.05, 4.69) is 9.97 Å². The quantitative estimate of drug-likeness (QED) is 0.836. The van der Waals surface area contributed by atoms with Gasteiger partial charge < -0.3 is 9.47 Å². The first kappa shape index (κ1) is 16.3. The fraction of sp³-hybridized carbons (Fsp3) is 0.444. The lowest BCUT2D eigenvalue weighted by atomic mass is 9.83. The van der Waals surface area contributed by atoms with Crippen LogP contribution < -0.4 is 5.56 Å². The summed E-state index contributed by atoms with van der Waals surface area (Å²) in [7, 11) is 0. The Morgan fingerprint density at radius 3 is 2.80 bits per heavy atom. The van der Waals surface area contributed by atoms with E-state index in [1.54, 1.807) is 24.2 Å². The van der Waals surface area contributed by atoms with Crippen LogP contribution in [0.3, 0.4) is 0 Å². The van der Waals surface area contributed by atoms with Gasteiger partial charge in [0.05, 0.1) is 11.3 Å². The predicted octanol–water partition coefficient (Wildman–Crippen LogP) is 1.61. The Morgan fingerprint density at radius 1 is 1.24 bits per heavy atom. The molecule has 4 heterocycles. The van der Waals surface area contributed by atoms with E-state index >= 15 is 0 Å². The van der Waals surface area contributed by atoms with Crippen LogP contribution in [0.1, 0.15) is 18.0 Å². The Morgan fingerprint density at radius 2 is 2.04 bits per heavy atom. The van der Waals surface area contributed by atoms with Gasteiger partial charge in [-0.15, -0.1) is 0 Å². The fourth-order valence-corrected chi connectivity index (χ4v) is 4.45. The monoisotopic (exact) mass is 356 g/mol. The summed E-state index contributed by atoms with van der Waals surface area (Å²) in [4.78, 5) is 35.3. The molecule has 0 aliphatic carbocycles. The third-order valence-electron chi connectivity index (χ3n) is 5.10. The minimum absolute atomic E-state index is 0.0193. The normalized spacial score (nSPS) is 21.7. The molecule has 2 bridgehead atoms. The number of rotatable bonds is 3. The second kappa shape index (κ2) is 6.63. The summed E-state index contributed by atoms with van der Waals surface area (Å²) in [5.41, 5.74) is 2.45. The van der Waals surface area contributed by atoms with Crippen LogP contribution in [0.5, 0.6) is 0 Å². The molecule has 25 heavy (non-hydrogen) atoms. The predicted molar refractivity (Wildman–Crippen MR) is 97.5 cm³/mol. The van der Waals surface area contributed by atoms with Gasteiger partial charge in [0.25, 0.3) is 5.56 Å². The molecule has 1 fully saturated rings. The van der Waals surface area contributed by atoms with Gasteiger partial charge >= 0.3 is 0 Å². The van der Waals surface area contributed by atoms with Gasteiger partial charge in [-0.1, -0.05) is 0 Å². The van der Waals surface area contributed by atoms with E-state index < -0.39 is 0 Å². The second-order valence-corrected chi connectivity index (χ2v) is 7.61. The molecule has 6 nitrogen and oxygen atoms in total. The zero-order chi connectivity index (χ0) is 17.4. The van der Waals surface area contributed by atoms with E-state index in [4.69, 9.17) is 0 Å². The van der Waals surface area contributed by atoms with E-state index in [9.17, 15) is 9.59 Å². The zero-order valence-electron chi connectivity index (χ0n) is 14.1. The Labute approximate surface area is 150 Å². The number of likely N-dealkylation sites (tertiary alicyclic amines) is 1. The van der Waals surface area contributed by atoms with Gasteiger partial charge in [0.15, 0.2) is 0 Å². The molecule has 1 saturated heterocycles. The number of piperidine rings is 1. The molecular formula is C18H20N4O2S. The summed E-state index contributed by atoms with van der Waals surface area (Å²) in [5.74, 6) is 1.32. The minimum atomic E-state index is 0.0193. The zero-order valence-corrected chi connectivity index (χ0v) is 14.9. The summed E-state index contributed by atoms with van der Waals surface area (Å²) in [6.07, 6.45) is 7.80. The molecular weight excluding hydrogens is 336 g/mol. The van der Waals surface area contributed by atoms with Gasteiger partial charge in [0.2, 0.25) is 5.91 Å². The standard InChI is InChI=1S/C18H20N4O2S/c1-25-10-17(23)21-7-12-4-13(9-21)16-3-2-15(18(24)22(16)8-12)14-5-19-11-20-6-14/h2-3,5-6,11-13H,4,7-10H2,1H3/t12-,13+/m0/s1. The Hall–Kier alpha value is -2.15. The molecule has 2 aliphatic rings. The number of aromatic nitrogens is 3. The molecule has 0 saturated carbocycles. The van der Waals surface area contributed by atoms with Crippen molar-refractivity contribution in [2.45, 2.75) is 18.9 Å². The summed E-state index contributed by atoms with van der Waals surface area (Å²) < 4.78 is 1.90. The van der Waals surface area contributed by atoms with Crippen molar-refractivity contribution in [2.24, 2.45) is 5.92 Å². The Kier molecular flexibility index (Phi) is 4.33. The van der Waals surface area contributed by atoms with Crippen molar-refractivity contribution in [2.75, 3.05) is 25.1 Å². The number of hydrogen-bond acceptors (Lipinski definition) is 5. The number of thioether (sulfide) groups is 1. The first-order chi connectivity index (χ1) is 12.2. The van der Waals surface area contributed by atoms with Crippen molar-refractivity contribution >= 4 is 17.7 Å². The highest BCUT2D eigenvalue weighted by atomic mass is 32.2. The topological polar surface area (TPSA) is 68.1 Å². The van der Waals surface area contributed by atoms with Crippen LogP contribution >= 0.6 is 11.8 Å². The highest BCUT2D eigenvalue weighted by Crippen LogP contribution is 2.35. The molecule has 2 aromatic heterocycles. The smallest absolute Gasteiger partial charge is 0.258 e. The molecule has 4 rings (SSSR count). The summed E-state index contributed by atoms with van der Waals surface area (Å²) in [6.45, 7) is 2.14. The lowest BCUT2D eigenvalue weighted by Crippen LogP contribution is -2.49. The fourth-order valence-electron chi connectivity index (χ4n) is 4.02. The lowest BCUT2D eigenvalue weighted by molar-refractivity contribution is -0.131. The number of pyridine rings is 1. The third kappa shape index (κ3) is 2.97. The summed E-state index contributed by atoms with van der Waals surface area (Å²) in [5, 5.41) is 0. The number of carbonyl (C=O) groups excluding carboxylic acids is 1. The van der Waals surface area contributed by atoms with Crippen LogP contribution in [-0.2, 0) is 11.3 Å². The number of hydrogen-bond donors (Lipinski definition) is 0. The maximum atomic E-state index is 13.0. The highest BCUT2D eigenvalue weighted by molar-refractivity contribution is 7.99. The second-order valence-electron chi connectivity index (χ2n) is 6.75. The Bertz CT molecular complexity index is 852. The van der Waals surface area contributed by atoms with Crippen LogP contribution in [-0.4, -0.2) is 50.4 Å². The van der Waals surface area contributed by atoms with Crippen molar-refractivity contribution < 1.29 is 4.79 Å². The van der Waals surface area contributed by atoms with Crippen molar-refractivity contribution in [1.29, 1.82) is 0 Å². The van der Waals surface area contributed by atoms with Crippen molar-refractivity contribution in [3.63, 3.8) is 0 Å². The van der Waals surface area contributed by atoms with E-state index in [0.29, 0.717) is 30.3 Å². The van der Waals surface area contributed by atoms with Gasteiger partial charge in [-0.2, -0.15) is 11.8 Å². The molecule has 2 aromatic rings. The molecule has 2 atom stereocenters. The van der Waals surface area contributed by atoms with Crippen molar-refractivity contribution in [1.82, 2.24) is 19.4 Å². The van der Waals surface area contributed by atoms with Gasteiger partial charge in [-0.3, -0.25) is 9.59 Å². The van der Waals surface area contributed by atoms with Crippen molar-refractivity contribution in [3.05, 3.63) is 46.9 Å². The molecule has 0 N–H and O–H groups in total. The highest BCUT2D eigenvalue weighted by Gasteiger charge is 2.36. The van der Waals surface area contributed by atoms with Gasteiger partial charge in [0, 0.05) is 49.2 Å². The van der Waals surface area contributed by atoms with E-state index in [-0.39, 0.29) is 17.4 Å².